The number of fused-ring (bicyclic) bond motifs is 3. The Labute approximate surface area is 133 Å². The summed E-state index contributed by atoms with van der Waals surface area (Å²) in [7, 11) is 1.49. The molecule has 2 heterocycles. The second-order valence-corrected chi connectivity index (χ2v) is 5.02. The van der Waals surface area contributed by atoms with E-state index < -0.39 is 5.95 Å². The van der Waals surface area contributed by atoms with E-state index in [2.05, 4.69) is 4.98 Å². The van der Waals surface area contributed by atoms with Crippen molar-refractivity contribution in [2.75, 3.05) is 7.11 Å². The van der Waals surface area contributed by atoms with Gasteiger partial charge in [0.05, 0.1) is 7.11 Å². The van der Waals surface area contributed by atoms with E-state index in [1.165, 1.54) is 19.4 Å². The molecule has 0 spiro atoms. The lowest BCUT2D eigenvalue weighted by Crippen LogP contribution is -2.08. The minimum Gasteiger partial charge on any atom is -0.483 e. The van der Waals surface area contributed by atoms with E-state index in [1.807, 2.05) is 18.2 Å². The lowest BCUT2D eigenvalue weighted by molar-refractivity contribution is 0.285. The molecule has 0 fully saturated rings. The van der Waals surface area contributed by atoms with E-state index in [1.54, 1.807) is 12.1 Å². The molecule has 1 aliphatic rings. The predicted octanol–water partition coefficient (Wildman–Crippen LogP) is 2.53. The Morgan fingerprint density at radius 1 is 1.30 bits per heavy atom. The molecule has 0 atom stereocenters. The molecule has 0 saturated heterocycles. The van der Waals surface area contributed by atoms with Crippen molar-refractivity contribution in [3.63, 3.8) is 0 Å². The Bertz CT molecular complexity index is 815. The minimum absolute atomic E-state index is 0.265. The smallest absolute Gasteiger partial charge is 0.224 e. The molecular weight excluding hydrogens is 297 g/mol. The molecule has 6 heteroatoms. The number of benzene rings is 1. The maximum atomic E-state index is 13.2. The number of ether oxygens (including phenoxy) is 2. The van der Waals surface area contributed by atoms with Crippen LogP contribution in [0.2, 0.25) is 0 Å². The highest BCUT2D eigenvalue weighted by molar-refractivity contribution is 5.79. The maximum Gasteiger partial charge on any atom is 0.224 e. The van der Waals surface area contributed by atoms with Crippen LogP contribution in [0.1, 0.15) is 11.1 Å². The van der Waals surface area contributed by atoms with Crippen molar-refractivity contribution in [1.29, 1.82) is 0 Å². The van der Waals surface area contributed by atoms with Gasteiger partial charge in [-0.1, -0.05) is 12.1 Å². The number of nitrogens with zero attached hydrogens (tertiary/aromatic N) is 1. The molecule has 0 saturated carbocycles. The standard InChI is InChI=1S/C17H16FN3O2/c1-22-16(20)7-11(8-19)10-2-3-13-12(6-10)9-23-17-14(13)4-5-15(18)21-17/h2-8H,9,19-20H2,1H3/b11-8+,16-7+. The van der Waals surface area contributed by atoms with Crippen molar-refractivity contribution in [2.24, 2.45) is 11.5 Å². The highest BCUT2D eigenvalue weighted by Gasteiger charge is 2.19. The number of pyridine rings is 1. The summed E-state index contributed by atoms with van der Waals surface area (Å²) in [6.45, 7) is 0.313. The van der Waals surface area contributed by atoms with Gasteiger partial charge in [0.25, 0.3) is 0 Å². The van der Waals surface area contributed by atoms with E-state index >= 15 is 0 Å². The zero-order chi connectivity index (χ0) is 16.4. The zero-order valence-corrected chi connectivity index (χ0v) is 12.5. The van der Waals surface area contributed by atoms with E-state index in [-0.39, 0.29) is 5.88 Å². The third-order valence-corrected chi connectivity index (χ3v) is 3.63. The molecule has 5 nitrogen and oxygen atoms in total. The van der Waals surface area contributed by atoms with Crippen molar-refractivity contribution in [3.8, 4) is 17.0 Å². The lowest BCUT2D eigenvalue weighted by Gasteiger charge is -2.20. The first-order valence-electron chi connectivity index (χ1n) is 6.98. The SMILES string of the molecule is CO/C(N)=C/C(=C\N)c1ccc2c(c1)COc1nc(F)ccc1-2. The molecule has 0 amide bonds. The second kappa shape index (κ2) is 6.00. The van der Waals surface area contributed by atoms with Crippen LogP contribution in [-0.2, 0) is 11.3 Å². The molecule has 1 aliphatic heterocycles. The van der Waals surface area contributed by atoms with Crippen LogP contribution < -0.4 is 16.2 Å². The van der Waals surface area contributed by atoms with Crippen LogP contribution in [0.4, 0.5) is 4.39 Å². The van der Waals surface area contributed by atoms with Crippen molar-refractivity contribution in [2.45, 2.75) is 6.61 Å². The fourth-order valence-corrected chi connectivity index (χ4v) is 2.47. The van der Waals surface area contributed by atoms with Crippen LogP contribution in [0.3, 0.4) is 0 Å². The molecule has 23 heavy (non-hydrogen) atoms. The summed E-state index contributed by atoms with van der Waals surface area (Å²) in [5.41, 5.74) is 15.7. The maximum absolute atomic E-state index is 13.2. The van der Waals surface area contributed by atoms with Crippen molar-refractivity contribution >= 4 is 5.57 Å². The number of hydrogen-bond donors (Lipinski definition) is 2. The van der Waals surface area contributed by atoms with Gasteiger partial charge in [-0.05, 0) is 34.9 Å². The van der Waals surface area contributed by atoms with E-state index in [9.17, 15) is 4.39 Å². The molecule has 2 aromatic rings. The summed E-state index contributed by atoms with van der Waals surface area (Å²) in [6, 6.07) is 8.79. The molecule has 1 aromatic carbocycles. The Hall–Kier alpha value is -3.02. The molecule has 0 unspecified atom stereocenters. The lowest BCUT2D eigenvalue weighted by atomic mass is 9.94. The van der Waals surface area contributed by atoms with Crippen molar-refractivity contribution in [3.05, 3.63) is 65.6 Å². The van der Waals surface area contributed by atoms with Crippen molar-refractivity contribution in [1.82, 2.24) is 4.98 Å². The number of hydrogen-bond acceptors (Lipinski definition) is 5. The monoisotopic (exact) mass is 313 g/mol. The zero-order valence-electron chi connectivity index (χ0n) is 12.5. The minimum atomic E-state index is -0.558. The summed E-state index contributed by atoms with van der Waals surface area (Å²) in [4.78, 5) is 3.77. The van der Waals surface area contributed by atoms with E-state index in [4.69, 9.17) is 20.9 Å². The van der Waals surface area contributed by atoms with Crippen LogP contribution in [0, 0.1) is 5.95 Å². The quantitative estimate of drug-likeness (QED) is 0.517. The molecule has 4 N–H and O–H groups in total. The Morgan fingerprint density at radius 3 is 2.83 bits per heavy atom. The number of nitrogens with two attached hydrogens (primary N) is 2. The van der Waals surface area contributed by atoms with Gasteiger partial charge in [-0.2, -0.15) is 9.37 Å². The van der Waals surface area contributed by atoms with Crippen LogP contribution >= 0.6 is 0 Å². The highest BCUT2D eigenvalue weighted by atomic mass is 19.1. The molecule has 0 radical (unpaired) electrons. The number of rotatable bonds is 3. The molecule has 0 aliphatic carbocycles. The van der Waals surface area contributed by atoms with Crippen LogP contribution in [0.5, 0.6) is 5.88 Å². The number of halogens is 1. The van der Waals surface area contributed by atoms with Gasteiger partial charge in [0, 0.05) is 23.4 Å². The van der Waals surface area contributed by atoms with Gasteiger partial charge in [0.2, 0.25) is 11.8 Å². The van der Waals surface area contributed by atoms with Gasteiger partial charge in [-0.25, -0.2) is 0 Å². The Kier molecular flexibility index (Phi) is 3.89. The van der Waals surface area contributed by atoms with Gasteiger partial charge >= 0.3 is 0 Å². The second-order valence-electron chi connectivity index (χ2n) is 5.02. The summed E-state index contributed by atoms with van der Waals surface area (Å²) >= 11 is 0. The fourth-order valence-electron chi connectivity index (χ4n) is 2.47. The summed E-state index contributed by atoms with van der Waals surface area (Å²) in [5, 5.41) is 0. The molecule has 1 aromatic heterocycles. The average Bonchev–Trinajstić information content (AvgIpc) is 2.58. The molecule has 3 rings (SSSR count). The normalized spacial score (nSPS) is 13.8. The first-order valence-corrected chi connectivity index (χ1v) is 6.98. The van der Waals surface area contributed by atoms with Crippen LogP contribution in [-0.4, -0.2) is 12.1 Å². The van der Waals surface area contributed by atoms with Crippen LogP contribution in [0.15, 0.2) is 48.5 Å². The van der Waals surface area contributed by atoms with E-state index in [0.29, 0.717) is 12.5 Å². The average molecular weight is 313 g/mol. The van der Waals surface area contributed by atoms with Gasteiger partial charge in [-0.3, -0.25) is 0 Å². The largest absolute Gasteiger partial charge is 0.483 e. The van der Waals surface area contributed by atoms with Gasteiger partial charge in [0.15, 0.2) is 5.88 Å². The Balaban J connectivity index is 2.03. The first-order chi connectivity index (χ1) is 11.1. The number of aromatic nitrogens is 1. The third kappa shape index (κ3) is 2.83. The summed E-state index contributed by atoms with van der Waals surface area (Å²) in [5.74, 6) is 0.0152. The first kappa shape index (κ1) is 14.9. The van der Waals surface area contributed by atoms with Crippen LogP contribution in [0.25, 0.3) is 16.7 Å². The van der Waals surface area contributed by atoms with Gasteiger partial charge < -0.3 is 20.9 Å². The topological polar surface area (TPSA) is 83.4 Å². The summed E-state index contributed by atoms with van der Waals surface area (Å²) in [6.07, 6.45) is 3.11. The molecule has 0 bridgehead atoms. The third-order valence-electron chi connectivity index (χ3n) is 3.63. The van der Waals surface area contributed by atoms with E-state index in [0.717, 1.165) is 27.8 Å². The highest BCUT2D eigenvalue weighted by Crippen LogP contribution is 2.37. The fraction of sp³-hybridized carbons (Fsp3) is 0.118. The molecular formula is C17H16FN3O2. The van der Waals surface area contributed by atoms with Gasteiger partial charge in [-0.15, -0.1) is 0 Å². The number of methoxy groups -OCH3 is 1. The molecule has 118 valence electrons. The number of allylic oxidation sites excluding steroid dienone is 2. The Morgan fingerprint density at radius 2 is 2.09 bits per heavy atom. The predicted molar refractivity (Wildman–Crippen MR) is 85.4 cm³/mol. The summed E-state index contributed by atoms with van der Waals surface area (Å²) < 4.78 is 23.7. The van der Waals surface area contributed by atoms with Crippen molar-refractivity contribution < 1.29 is 13.9 Å². The van der Waals surface area contributed by atoms with Gasteiger partial charge in [0.1, 0.15) is 6.61 Å².